The number of esters is 1. The minimum absolute atomic E-state index is 0.0489. The summed E-state index contributed by atoms with van der Waals surface area (Å²) in [5.41, 5.74) is -1.87. The molecule has 33 heavy (non-hydrogen) atoms. The first-order valence-electron chi connectivity index (χ1n) is 9.36. The van der Waals surface area contributed by atoms with Crippen LogP contribution in [0.3, 0.4) is 0 Å². The molecule has 0 aliphatic heterocycles. The molecule has 2 amide bonds. The van der Waals surface area contributed by atoms with Crippen LogP contribution in [0.25, 0.3) is 0 Å². The monoisotopic (exact) mass is 460 g/mol. The summed E-state index contributed by atoms with van der Waals surface area (Å²) in [4.78, 5) is 36.3. The maximum Gasteiger partial charge on any atom is 0.418 e. The number of benzene rings is 3. The van der Waals surface area contributed by atoms with Crippen LogP contribution >= 0.6 is 0 Å². The smallest absolute Gasteiger partial charge is 0.418 e. The van der Waals surface area contributed by atoms with Crippen molar-refractivity contribution in [3.8, 4) is 0 Å². The maximum absolute atomic E-state index is 13.6. The number of methoxy groups -OCH3 is 1. The Morgan fingerprint density at radius 3 is 2.06 bits per heavy atom. The molecule has 0 aliphatic carbocycles. The number of alkyl halides is 3. The zero-order valence-electron chi connectivity index (χ0n) is 17.0. The minimum Gasteiger partial charge on any atom is -0.465 e. The van der Waals surface area contributed by atoms with Crippen molar-refractivity contribution in [3.63, 3.8) is 0 Å². The molecular weight excluding hydrogens is 444 g/mol. The van der Waals surface area contributed by atoms with Crippen molar-refractivity contribution >= 4 is 29.2 Å². The fourth-order valence-electron chi connectivity index (χ4n) is 2.87. The average Bonchev–Trinajstić information content (AvgIpc) is 2.79. The van der Waals surface area contributed by atoms with E-state index in [4.69, 9.17) is 0 Å². The third-order valence-corrected chi connectivity index (χ3v) is 4.48. The fraction of sp³-hybridized carbons (Fsp3) is 0.0870. The molecule has 0 saturated carbocycles. The zero-order chi connectivity index (χ0) is 24.2. The predicted molar refractivity (Wildman–Crippen MR) is 112 cm³/mol. The van der Waals surface area contributed by atoms with E-state index < -0.39 is 41.0 Å². The van der Waals surface area contributed by atoms with Gasteiger partial charge < -0.3 is 15.4 Å². The highest BCUT2D eigenvalue weighted by atomic mass is 19.4. The summed E-state index contributed by atoms with van der Waals surface area (Å²) in [5.74, 6) is -2.89. The van der Waals surface area contributed by atoms with Crippen LogP contribution in [0.2, 0.25) is 0 Å². The largest absolute Gasteiger partial charge is 0.465 e. The molecule has 3 aromatic carbocycles. The van der Waals surface area contributed by atoms with Crippen LogP contribution in [0.5, 0.6) is 0 Å². The van der Waals surface area contributed by atoms with Crippen LogP contribution in [-0.4, -0.2) is 24.9 Å². The second kappa shape index (κ2) is 9.51. The molecule has 3 rings (SSSR count). The van der Waals surface area contributed by atoms with Gasteiger partial charge in [0.2, 0.25) is 0 Å². The zero-order valence-corrected chi connectivity index (χ0v) is 17.0. The molecule has 3 aromatic rings. The van der Waals surface area contributed by atoms with Gasteiger partial charge in [0.15, 0.2) is 0 Å². The Labute approximate surface area is 185 Å². The molecule has 0 aliphatic rings. The lowest BCUT2D eigenvalue weighted by molar-refractivity contribution is -0.136. The quantitative estimate of drug-likeness (QED) is 0.408. The van der Waals surface area contributed by atoms with Gasteiger partial charge >= 0.3 is 12.1 Å². The average molecular weight is 460 g/mol. The normalized spacial score (nSPS) is 10.9. The van der Waals surface area contributed by atoms with Crippen molar-refractivity contribution in [2.45, 2.75) is 6.18 Å². The highest BCUT2D eigenvalue weighted by molar-refractivity contribution is 6.07. The molecule has 170 valence electrons. The van der Waals surface area contributed by atoms with Crippen LogP contribution in [-0.2, 0) is 10.9 Å². The van der Waals surface area contributed by atoms with Crippen LogP contribution in [0, 0.1) is 5.82 Å². The lowest BCUT2D eigenvalue weighted by Crippen LogP contribution is -2.18. The molecule has 0 saturated heterocycles. The van der Waals surface area contributed by atoms with E-state index in [2.05, 4.69) is 15.4 Å². The van der Waals surface area contributed by atoms with Gasteiger partial charge in [-0.2, -0.15) is 13.2 Å². The first kappa shape index (κ1) is 23.5. The lowest BCUT2D eigenvalue weighted by Gasteiger charge is -2.16. The summed E-state index contributed by atoms with van der Waals surface area (Å²) < 4.78 is 58.5. The summed E-state index contributed by atoms with van der Waals surface area (Å²) in [6.07, 6.45) is -4.85. The molecular formula is C23H16F4N2O4. The van der Waals surface area contributed by atoms with Crippen molar-refractivity contribution in [3.05, 3.63) is 94.8 Å². The third kappa shape index (κ3) is 5.73. The maximum atomic E-state index is 13.6. The summed E-state index contributed by atoms with van der Waals surface area (Å²) in [6.45, 7) is 0. The Hall–Kier alpha value is -4.21. The molecule has 10 heteroatoms. The van der Waals surface area contributed by atoms with E-state index in [0.717, 1.165) is 25.3 Å². The molecule has 6 nitrogen and oxygen atoms in total. The van der Waals surface area contributed by atoms with E-state index in [9.17, 15) is 31.9 Å². The number of anilines is 2. The Kier molecular flexibility index (Phi) is 6.76. The Morgan fingerprint density at radius 2 is 1.42 bits per heavy atom. The Morgan fingerprint density at radius 1 is 0.788 bits per heavy atom. The van der Waals surface area contributed by atoms with Gasteiger partial charge in [-0.3, -0.25) is 9.59 Å². The topological polar surface area (TPSA) is 84.5 Å². The molecule has 0 spiro atoms. The van der Waals surface area contributed by atoms with Gasteiger partial charge in [0.25, 0.3) is 11.8 Å². The summed E-state index contributed by atoms with van der Waals surface area (Å²) >= 11 is 0. The van der Waals surface area contributed by atoms with E-state index in [1.165, 1.54) is 42.5 Å². The number of hydrogen-bond donors (Lipinski definition) is 2. The first-order valence-corrected chi connectivity index (χ1v) is 9.36. The Bertz CT molecular complexity index is 1210. The van der Waals surface area contributed by atoms with Crippen molar-refractivity contribution < 1.29 is 36.7 Å². The van der Waals surface area contributed by atoms with Crippen molar-refractivity contribution in [1.29, 1.82) is 0 Å². The number of nitrogens with one attached hydrogen (secondary N) is 2. The van der Waals surface area contributed by atoms with Crippen LogP contribution in [0.4, 0.5) is 28.9 Å². The Balaban J connectivity index is 1.85. The van der Waals surface area contributed by atoms with Gasteiger partial charge in [-0.25, -0.2) is 9.18 Å². The molecule has 0 heterocycles. The second-order valence-corrected chi connectivity index (χ2v) is 6.75. The second-order valence-electron chi connectivity index (χ2n) is 6.75. The SMILES string of the molecule is COC(=O)c1cccc(C(=O)Nc2ccc(NC(=O)c3ccc(F)cc3)cc2C(F)(F)F)c1. The molecule has 0 fully saturated rings. The first-order chi connectivity index (χ1) is 15.6. The number of rotatable bonds is 5. The molecule has 2 N–H and O–H groups in total. The van der Waals surface area contributed by atoms with Gasteiger partial charge in [0.05, 0.1) is 23.9 Å². The van der Waals surface area contributed by atoms with Crippen molar-refractivity contribution in [2.75, 3.05) is 17.7 Å². The highest BCUT2D eigenvalue weighted by Crippen LogP contribution is 2.37. The minimum atomic E-state index is -4.85. The number of ether oxygens (including phenoxy) is 1. The van der Waals surface area contributed by atoms with Crippen LogP contribution < -0.4 is 10.6 Å². The fourth-order valence-corrected chi connectivity index (χ4v) is 2.87. The van der Waals surface area contributed by atoms with E-state index >= 15 is 0 Å². The molecule has 0 unspecified atom stereocenters. The van der Waals surface area contributed by atoms with Crippen molar-refractivity contribution in [1.82, 2.24) is 0 Å². The number of amides is 2. The number of carbonyl (C=O) groups excluding carboxylic acids is 3. The molecule has 0 atom stereocenters. The van der Waals surface area contributed by atoms with Gasteiger partial charge in [-0.05, 0) is 60.7 Å². The molecule has 0 aromatic heterocycles. The summed E-state index contributed by atoms with van der Waals surface area (Å²) in [5, 5.41) is 4.47. The summed E-state index contributed by atoms with van der Waals surface area (Å²) in [7, 11) is 1.15. The van der Waals surface area contributed by atoms with Crippen LogP contribution in [0.1, 0.15) is 36.6 Å². The van der Waals surface area contributed by atoms with Gasteiger partial charge in [0.1, 0.15) is 5.82 Å². The van der Waals surface area contributed by atoms with Crippen LogP contribution in [0.15, 0.2) is 66.7 Å². The van der Waals surface area contributed by atoms with Gasteiger partial charge in [0, 0.05) is 16.8 Å². The third-order valence-electron chi connectivity index (χ3n) is 4.48. The molecule has 0 bridgehead atoms. The van der Waals surface area contributed by atoms with E-state index in [0.29, 0.717) is 6.07 Å². The van der Waals surface area contributed by atoms with E-state index in [1.54, 1.807) is 0 Å². The number of carbonyl (C=O) groups is 3. The lowest BCUT2D eigenvalue weighted by atomic mass is 10.1. The van der Waals surface area contributed by atoms with Gasteiger partial charge in [-0.1, -0.05) is 6.07 Å². The molecule has 0 radical (unpaired) electrons. The van der Waals surface area contributed by atoms with E-state index in [1.807, 2.05) is 0 Å². The standard InChI is InChI=1S/C23H16F4N2O4/c1-33-22(32)15-4-2-3-14(11-15)21(31)29-19-10-9-17(12-18(19)23(25,26)27)28-20(30)13-5-7-16(24)8-6-13/h2-12H,1H3,(H,28,30)(H,29,31). The van der Waals surface area contributed by atoms with E-state index in [-0.39, 0.29) is 22.4 Å². The number of hydrogen-bond acceptors (Lipinski definition) is 4. The van der Waals surface area contributed by atoms with Gasteiger partial charge in [-0.15, -0.1) is 0 Å². The predicted octanol–water partition coefficient (Wildman–Crippen LogP) is 5.14. The van der Waals surface area contributed by atoms with Crippen molar-refractivity contribution in [2.24, 2.45) is 0 Å². The highest BCUT2D eigenvalue weighted by Gasteiger charge is 2.34. The summed E-state index contributed by atoms with van der Waals surface area (Å²) in [6, 6.07) is 12.6. The number of halogens is 4.